The average molecular weight is 309 g/mol. The average Bonchev–Trinajstić information content (AvgIpc) is 2.89. The molecular weight excluding hydrogens is 286 g/mol. The molecule has 0 aromatic carbocycles. The van der Waals surface area contributed by atoms with Crippen LogP contribution in [0.25, 0.3) is 0 Å². The van der Waals surface area contributed by atoms with Crippen LogP contribution in [-0.2, 0) is 28.9 Å². The van der Waals surface area contributed by atoms with Gasteiger partial charge in [0.25, 0.3) is 0 Å². The fourth-order valence-electron chi connectivity index (χ4n) is 3.08. The van der Waals surface area contributed by atoms with E-state index < -0.39 is 5.54 Å². The second kappa shape index (κ2) is 6.02. The first-order valence-corrected chi connectivity index (χ1v) is 8.50. The number of aromatic nitrogens is 1. The van der Waals surface area contributed by atoms with Gasteiger partial charge in [-0.05, 0) is 38.5 Å². The molecule has 0 radical (unpaired) electrons. The van der Waals surface area contributed by atoms with E-state index in [1.165, 1.54) is 23.4 Å². The van der Waals surface area contributed by atoms with Gasteiger partial charge in [0.2, 0.25) is 5.91 Å². The standard InChI is InChI=1S/C15H23N3O2S/c1-18(14(19)15(16)6-8-20-9-7-15)10-13-17-11-4-2-3-5-12(11)21-13/h2-10,16H2,1H3. The molecule has 0 spiro atoms. The Balaban J connectivity index is 1.66. The SMILES string of the molecule is CN(Cc1nc2c(s1)CCCC2)C(=O)C1(N)CCOCC1. The molecule has 2 aliphatic rings. The van der Waals surface area contributed by atoms with Crippen molar-refractivity contribution in [2.75, 3.05) is 20.3 Å². The predicted octanol–water partition coefficient (Wildman–Crippen LogP) is 1.49. The summed E-state index contributed by atoms with van der Waals surface area (Å²) in [5, 5.41) is 1.04. The third-order valence-electron chi connectivity index (χ3n) is 4.42. The molecule has 1 fully saturated rings. The smallest absolute Gasteiger partial charge is 0.242 e. The number of likely N-dealkylation sites (N-methyl/N-ethyl adjacent to an activating group) is 1. The van der Waals surface area contributed by atoms with Crippen molar-refractivity contribution in [3.63, 3.8) is 0 Å². The number of nitrogens with two attached hydrogens (primary N) is 1. The van der Waals surface area contributed by atoms with Crippen molar-refractivity contribution in [1.82, 2.24) is 9.88 Å². The summed E-state index contributed by atoms with van der Waals surface area (Å²) in [6.07, 6.45) is 5.92. The van der Waals surface area contributed by atoms with Crippen molar-refractivity contribution in [2.45, 2.75) is 50.6 Å². The lowest BCUT2D eigenvalue weighted by molar-refractivity contribution is -0.139. The van der Waals surface area contributed by atoms with E-state index in [9.17, 15) is 4.79 Å². The Morgan fingerprint density at radius 2 is 2.10 bits per heavy atom. The summed E-state index contributed by atoms with van der Waals surface area (Å²) in [4.78, 5) is 20.4. The molecule has 1 saturated heterocycles. The summed E-state index contributed by atoms with van der Waals surface area (Å²) < 4.78 is 5.31. The van der Waals surface area contributed by atoms with E-state index >= 15 is 0 Å². The first-order chi connectivity index (χ1) is 10.1. The van der Waals surface area contributed by atoms with Gasteiger partial charge < -0.3 is 15.4 Å². The fourth-order valence-corrected chi connectivity index (χ4v) is 4.29. The predicted molar refractivity (Wildman–Crippen MR) is 82.2 cm³/mol. The number of nitrogens with zero attached hydrogens (tertiary/aromatic N) is 2. The van der Waals surface area contributed by atoms with Crippen molar-refractivity contribution in [3.8, 4) is 0 Å². The lowest BCUT2D eigenvalue weighted by Gasteiger charge is -2.35. The van der Waals surface area contributed by atoms with Gasteiger partial charge in [-0.15, -0.1) is 11.3 Å². The molecule has 0 unspecified atom stereocenters. The quantitative estimate of drug-likeness (QED) is 0.918. The number of aryl methyl sites for hydroxylation is 2. The Kier molecular flexibility index (Phi) is 4.28. The van der Waals surface area contributed by atoms with Gasteiger partial charge in [0.1, 0.15) is 5.01 Å². The second-order valence-corrected chi connectivity index (χ2v) is 7.28. The van der Waals surface area contributed by atoms with Crippen molar-refractivity contribution in [3.05, 3.63) is 15.6 Å². The normalized spacial score (nSPS) is 20.9. The highest BCUT2D eigenvalue weighted by atomic mass is 32.1. The molecule has 0 atom stereocenters. The molecule has 1 amide bonds. The number of thiazole rings is 1. The van der Waals surface area contributed by atoms with Gasteiger partial charge in [-0.1, -0.05) is 0 Å². The number of ether oxygens (including phenoxy) is 1. The lowest BCUT2D eigenvalue weighted by atomic mass is 9.90. The molecule has 0 bridgehead atoms. The van der Waals surface area contributed by atoms with Gasteiger partial charge in [-0.2, -0.15) is 0 Å². The van der Waals surface area contributed by atoms with Crippen LogP contribution in [0.5, 0.6) is 0 Å². The highest BCUT2D eigenvalue weighted by Crippen LogP contribution is 2.28. The molecule has 3 rings (SSSR count). The number of carbonyl (C=O) groups is 1. The first kappa shape index (κ1) is 14.9. The van der Waals surface area contributed by atoms with Crippen LogP contribution in [0.2, 0.25) is 0 Å². The Morgan fingerprint density at radius 3 is 2.81 bits per heavy atom. The number of amides is 1. The van der Waals surface area contributed by atoms with E-state index in [2.05, 4.69) is 0 Å². The van der Waals surface area contributed by atoms with Gasteiger partial charge in [-0.25, -0.2) is 4.98 Å². The van der Waals surface area contributed by atoms with Crippen molar-refractivity contribution >= 4 is 17.2 Å². The summed E-state index contributed by atoms with van der Waals surface area (Å²) >= 11 is 1.76. The number of hydrogen-bond donors (Lipinski definition) is 1. The minimum absolute atomic E-state index is 0.0129. The van der Waals surface area contributed by atoms with Crippen LogP contribution >= 0.6 is 11.3 Å². The maximum absolute atomic E-state index is 12.6. The maximum atomic E-state index is 12.6. The Bertz CT molecular complexity index is 499. The van der Waals surface area contributed by atoms with E-state index in [0.717, 1.165) is 17.8 Å². The molecular formula is C15H23N3O2S. The van der Waals surface area contributed by atoms with Gasteiger partial charge in [-0.3, -0.25) is 4.79 Å². The van der Waals surface area contributed by atoms with Gasteiger partial charge in [0.05, 0.1) is 17.8 Å². The molecule has 5 nitrogen and oxygen atoms in total. The third-order valence-corrected chi connectivity index (χ3v) is 5.56. The summed E-state index contributed by atoms with van der Waals surface area (Å²) in [5.74, 6) is 0.0129. The van der Waals surface area contributed by atoms with Gasteiger partial charge in [0.15, 0.2) is 0 Å². The minimum atomic E-state index is -0.760. The van der Waals surface area contributed by atoms with Crippen LogP contribution in [0.15, 0.2) is 0 Å². The molecule has 0 saturated carbocycles. The number of rotatable bonds is 3. The minimum Gasteiger partial charge on any atom is -0.381 e. The molecule has 1 aromatic heterocycles. The van der Waals surface area contributed by atoms with Crippen LogP contribution in [0, 0.1) is 0 Å². The van der Waals surface area contributed by atoms with Crippen LogP contribution < -0.4 is 5.73 Å². The first-order valence-electron chi connectivity index (χ1n) is 7.68. The van der Waals surface area contributed by atoms with E-state index in [0.29, 0.717) is 32.6 Å². The number of hydrogen-bond acceptors (Lipinski definition) is 5. The molecule has 2 heterocycles. The molecule has 1 aliphatic carbocycles. The Hall–Kier alpha value is -0.980. The summed E-state index contributed by atoms with van der Waals surface area (Å²) in [6, 6.07) is 0. The molecule has 1 aliphatic heterocycles. The lowest BCUT2D eigenvalue weighted by Crippen LogP contribution is -2.57. The summed E-state index contributed by atoms with van der Waals surface area (Å²) in [7, 11) is 1.83. The second-order valence-electron chi connectivity index (χ2n) is 6.11. The summed E-state index contributed by atoms with van der Waals surface area (Å²) in [5.41, 5.74) is 6.75. The van der Waals surface area contributed by atoms with E-state index in [1.54, 1.807) is 16.2 Å². The number of carbonyl (C=O) groups excluding carboxylic acids is 1. The topological polar surface area (TPSA) is 68.5 Å². The maximum Gasteiger partial charge on any atom is 0.242 e. The molecule has 1 aromatic rings. The highest BCUT2D eigenvalue weighted by Gasteiger charge is 2.38. The highest BCUT2D eigenvalue weighted by molar-refractivity contribution is 7.11. The Morgan fingerprint density at radius 1 is 1.38 bits per heavy atom. The summed E-state index contributed by atoms with van der Waals surface area (Å²) in [6.45, 7) is 1.71. The van der Waals surface area contributed by atoms with E-state index in [-0.39, 0.29) is 5.91 Å². The largest absolute Gasteiger partial charge is 0.381 e. The van der Waals surface area contributed by atoms with Crippen LogP contribution in [0.3, 0.4) is 0 Å². The van der Waals surface area contributed by atoms with E-state index in [4.69, 9.17) is 15.5 Å². The number of fused-ring (bicyclic) bond motifs is 1. The zero-order chi connectivity index (χ0) is 14.9. The van der Waals surface area contributed by atoms with Crippen LogP contribution in [-0.4, -0.2) is 41.6 Å². The van der Waals surface area contributed by atoms with Crippen molar-refractivity contribution < 1.29 is 9.53 Å². The van der Waals surface area contributed by atoms with Gasteiger partial charge >= 0.3 is 0 Å². The van der Waals surface area contributed by atoms with Crippen LogP contribution in [0.4, 0.5) is 0 Å². The zero-order valence-electron chi connectivity index (χ0n) is 12.6. The molecule has 21 heavy (non-hydrogen) atoms. The molecule has 2 N–H and O–H groups in total. The van der Waals surface area contributed by atoms with Gasteiger partial charge in [0, 0.05) is 25.1 Å². The van der Waals surface area contributed by atoms with Crippen molar-refractivity contribution in [2.24, 2.45) is 5.73 Å². The zero-order valence-corrected chi connectivity index (χ0v) is 13.4. The van der Waals surface area contributed by atoms with Crippen molar-refractivity contribution in [1.29, 1.82) is 0 Å². The molecule has 116 valence electrons. The third kappa shape index (κ3) is 3.12. The Labute approximate surface area is 129 Å². The van der Waals surface area contributed by atoms with E-state index in [1.807, 2.05) is 7.05 Å². The fraction of sp³-hybridized carbons (Fsp3) is 0.733. The monoisotopic (exact) mass is 309 g/mol. The molecule has 6 heteroatoms. The van der Waals surface area contributed by atoms with Crippen LogP contribution in [0.1, 0.15) is 41.3 Å².